The first-order valence-electron chi connectivity index (χ1n) is 8.42. The van der Waals surface area contributed by atoms with E-state index in [0.717, 1.165) is 30.6 Å². The third-order valence-electron chi connectivity index (χ3n) is 4.16. The molecule has 2 atom stereocenters. The number of rotatable bonds is 5. The van der Waals surface area contributed by atoms with Gasteiger partial charge in [-0.15, -0.1) is 0 Å². The molecule has 130 valence electrons. The normalized spacial score (nSPS) is 21.6. The van der Waals surface area contributed by atoms with Crippen molar-refractivity contribution in [2.75, 3.05) is 25.0 Å². The number of carbonyl (C=O) groups excluding carboxylic acids is 2. The summed E-state index contributed by atoms with van der Waals surface area (Å²) in [5.41, 5.74) is 1.70. The summed E-state index contributed by atoms with van der Waals surface area (Å²) in [5.74, 6) is -0.110. The summed E-state index contributed by atoms with van der Waals surface area (Å²) < 4.78 is 5.45. The van der Waals surface area contributed by atoms with E-state index in [1.54, 1.807) is 0 Å². The van der Waals surface area contributed by atoms with Gasteiger partial charge in [-0.1, -0.05) is 12.1 Å². The van der Waals surface area contributed by atoms with Crippen LogP contribution < -0.4 is 21.3 Å². The molecular weight excluding hydrogens is 308 g/mol. The average molecular weight is 332 g/mol. The van der Waals surface area contributed by atoms with Crippen molar-refractivity contribution in [3.63, 3.8) is 0 Å². The van der Waals surface area contributed by atoms with Crippen molar-refractivity contribution in [1.29, 1.82) is 0 Å². The summed E-state index contributed by atoms with van der Waals surface area (Å²) in [5, 5.41) is 11.8. The molecular formula is C17H24N4O3. The van der Waals surface area contributed by atoms with Gasteiger partial charge in [0.1, 0.15) is 6.10 Å². The van der Waals surface area contributed by atoms with Crippen LogP contribution in [0.1, 0.15) is 31.4 Å². The number of nitrogens with one attached hydrogen (secondary N) is 4. The second-order valence-corrected chi connectivity index (χ2v) is 6.29. The van der Waals surface area contributed by atoms with Gasteiger partial charge in [0.25, 0.3) is 5.91 Å². The van der Waals surface area contributed by atoms with E-state index < -0.39 is 6.10 Å². The van der Waals surface area contributed by atoms with Crippen LogP contribution in [0.5, 0.6) is 0 Å². The van der Waals surface area contributed by atoms with Crippen LogP contribution >= 0.6 is 0 Å². The Labute approximate surface area is 141 Å². The molecule has 1 aliphatic carbocycles. The summed E-state index contributed by atoms with van der Waals surface area (Å²) in [6, 6.07) is 7.50. The Balaban J connectivity index is 1.50. The lowest BCUT2D eigenvalue weighted by Crippen LogP contribution is -2.48. The fourth-order valence-electron chi connectivity index (χ4n) is 2.56. The van der Waals surface area contributed by atoms with Gasteiger partial charge in [0.05, 0.1) is 12.6 Å². The SMILES string of the molecule is CC(NC(=O)C1CNCCO1)c1ccc(NC(=O)NC2CC2)cc1. The Kier molecular flexibility index (Phi) is 5.32. The zero-order chi connectivity index (χ0) is 16.9. The van der Waals surface area contributed by atoms with Gasteiger partial charge >= 0.3 is 6.03 Å². The molecule has 1 saturated heterocycles. The Morgan fingerprint density at radius 2 is 2.00 bits per heavy atom. The van der Waals surface area contributed by atoms with E-state index in [1.165, 1.54) is 0 Å². The van der Waals surface area contributed by atoms with Gasteiger partial charge in [-0.3, -0.25) is 4.79 Å². The van der Waals surface area contributed by atoms with Crippen LogP contribution in [-0.4, -0.2) is 43.8 Å². The highest BCUT2D eigenvalue weighted by atomic mass is 16.5. The Hall–Kier alpha value is -2.12. The lowest BCUT2D eigenvalue weighted by molar-refractivity contribution is -0.134. The average Bonchev–Trinajstić information content (AvgIpc) is 3.40. The van der Waals surface area contributed by atoms with Crippen molar-refractivity contribution in [2.45, 2.75) is 38.0 Å². The molecule has 1 saturated carbocycles. The fourth-order valence-corrected chi connectivity index (χ4v) is 2.56. The van der Waals surface area contributed by atoms with Crippen molar-refractivity contribution in [3.8, 4) is 0 Å². The largest absolute Gasteiger partial charge is 0.366 e. The molecule has 7 nitrogen and oxygen atoms in total. The smallest absolute Gasteiger partial charge is 0.319 e. The predicted octanol–water partition coefficient (Wildman–Crippen LogP) is 1.14. The number of amides is 3. The van der Waals surface area contributed by atoms with E-state index in [4.69, 9.17) is 4.74 Å². The lowest BCUT2D eigenvalue weighted by atomic mass is 10.1. The minimum Gasteiger partial charge on any atom is -0.366 e. The van der Waals surface area contributed by atoms with E-state index in [9.17, 15) is 9.59 Å². The van der Waals surface area contributed by atoms with Crippen LogP contribution in [0.25, 0.3) is 0 Å². The van der Waals surface area contributed by atoms with Gasteiger partial charge in [0.15, 0.2) is 0 Å². The van der Waals surface area contributed by atoms with Crippen LogP contribution in [0, 0.1) is 0 Å². The number of benzene rings is 1. The quantitative estimate of drug-likeness (QED) is 0.651. The molecule has 0 radical (unpaired) electrons. The second-order valence-electron chi connectivity index (χ2n) is 6.29. The van der Waals surface area contributed by atoms with Crippen molar-refractivity contribution in [2.24, 2.45) is 0 Å². The molecule has 0 bridgehead atoms. The maximum Gasteiger partial charge on any atom is 0.319 e. The van der Waals surface area contributed by atoms with Crippen LogP contribution in [-0.2, 0) is 9.53 Å². The van der Waals surface area contributed by atoms with Crippen LogP contribution in [0.3, 0.4) is 0 Å². The number of ether oxygens (including phenoxy) is 1. The molecule has 2 fully saturated rings. The van der Waals surface area contributed by atoms with Crippen molar-refractivity contribution in [1.82, 2.24) is 16.0 Å². The predicted molar refractivity (Wildman–Crippen MR) is 90.8 cm³/mol. The number of anilines is 1. The standard InChI is InChI=1S/C17H24N4O3/c1-11(19-16(22)15-10-18-8-9-24-15)12-2-4-13(5-3-12)20-17(23)21-14-6-7-14/h2-5,11,14-15,18H,6-10H2,1H3,(H,19,22)(H2,20,21,23). The molecule has 1 aromatic rings. The van der Waals surface area contributed by atoms with Crippen molar-refractivity contribution >= 4 is 17.6 Å². The number of urea groups is 1. The third-order valence-corrected chi connectivity index (χ3v) is 4.16. The minimum absolute atomic E-state index is 0.110. The van der Waals surface area contributed by atoms with Gasteiger partial charge in [-0.2, -0.15) is 0 Å². The second kappa shape index (κ2) is 7.63. The number of hydrogen-bond acceptors (Lipinski definition) is 4. The van der Waals surface area contributed by atoms with Gasteiger partial charge in [-0.25, -0.2) is 4.79 Å². The van der Waals surface area contributed by atoms with E-state index in [0.29, 0.717) is 19.2 Å². The number of morpholine rings is 1. The first-order chi connectivity index (χ1) is 11.6. The summed E-state index contributed by atoms with van der Waals surface area (Å²) in [7, 11) is 0. The number of hydrogen-bond donors (Lipinski definition) is 4. The van der Waals surface area contributed by atoms with E-state index >= 15 is 0 Å². The molecule has 0 spiro atoms. The Morgan fingerprint density at radius 3 is 2.62 bits per heavy atom. The topological polar surface area (TPSA) is 91.5 Å². The van der Waals surface area contributed by atoms with Crippen molar-refractivity contribution < 1.29 is 14.3 Å². The highest BCUT2D eigenvalue weighted by Gasteiger charge is 2.24. The van der Waals surface area contributed by atoms with Crippen molar-refractivity contribution in [3.05, 3.63) is 29.8 Å². The zero-order valence-electron chi connectivity index (χ0n) is 13.8. The molecule has 3 amide bonds. The summed E-state index contributed by atoms with van der Waals surface area (Å²) in [6.45, 7) is 3.80. The molecule has 7 heteroatoms. The first kappa shape index (κ1) is 16.7. The molecule has 1 heterocycles. The summed E-state index contributed by atoms with van der Waals surface area (Å²) >= 11 is 0. The molecule has 2 aliphatic rings. The van der Waals surface area contributed by atoms with E-state index in [-0.39, 0.29) is 18.0 Å². The van der Waals surface area contributed by atoms with Crippen LogP contribution in [0.4, 0.5) is 10.5 Å². The van der Waals surface area contributed by atoms with E-state index in [1.807, 2.05) is 31.2 Å². The van der Waals surface area contributed by atoms with Gasteiger partial charge < -0.3 is 26.0 Å². The monoisotopic (exact) mass is 332 g/mol. The van der Waals surface area contributed by atoms with Crippen LogP contribution in [0.2, 0.25) is 0 Å². The third kappa shape index (κ3) is 4.69. The molecule has 3 rings (SSSR count). The summed E-state index contributed by atoms with van der Waals surface area (Å²) in [6.07, 6.45) is 1.68. The highest BCUT2D eigenvalue weighted by Crippen LogP contribution is 2.19. The lowest BCUT2D eigenvalue weighted by Gasteiger charge is -2.24. The van der Waals surface area contributed by atoms with Gasteiger partial charge in [0, 0.05) is 24.8 Å². The first-order valence-corrected chi connectivity index (χ1v) is 8.42. The highest BCUT2D eigenvalue weighted by molar-refractivity contribution is 5.89. The maximum absolute atomic E-state index is 12.2. The fraction of sp³-hybridized carbons (Fsp3) is 0.529. The molecule has 1 aliphatic heterocycles. The molecule has 1 aromatic carbocycles. The maximum atomic E-state index is 12.2. The molecule has 24 heavy (non-hydrogen) atoms. The summed E-state index contributed by atoms with van der Waals surface area (Å²) in [4.78, 5) is 23.9. The molecule has 0 aromatic heterocycles. The van der Waals surface area contributed by atoms with Crippen LogP contribution in [0.15, 0.2) is 24.3 Å². The molecule has 4 N–H and O–H groups in total. The van der Waals surface area contributed by atoms with Gasteiger partial charge in [0.2, 0.25) is 0 Å². The number of carbonyl (C=O) groups is 2. The minimum atomic E-state index is -0.437. The van der Waals surface area contributed by atoms with E-state index in [2.05, 4.69) is 21.3 Å². The Bertz CT molecular complexity index is 580. The zero-order valence-corrected chi connectivity index (χ0v) is 13.8. The Morgan fingerprint density at radius 1 is 1.25 bits per heavy atom. The molecule has 2 unspecified atom stereocenters. The van der Waals surface area contributed by atoms with Gasteiger partial charge in [-0.05, 0) is 37.5 Å².